The SMILES string of the molecule is Cc1cc(C(C)(C)O)ccc1S(N)(=O)=O. The van der Waals surface area contributed by atoms with E-state index in [1.165, 1.54) is 6.07 Å². The molecule has 0 atom stereocenters. The van der Waals surface area contributed by atoms with Gasteiger partial charge in [0, 0.05) is 0 Å². The summed E-state index contributed by atoms with van der Waals surface area (Å²) in [5.74, 6) is 0. The highest BCUT2D eigenvalue weighted by Crippen LogP contribution is 2.23. The zero-order valence-electron chi connectivity index (χ0n) is 8.98. The van der Waals surface area contributed by atoms with E-state index in [4.69, 9.17) is 5.14 Å². The number of hydrogen-bond acceptors (Lipinski definition) is 3. The maximum absolute atomic E-state index is 11.1. The summed E-state index contributed by atoms with van der Waals surface area (Å²) in [6.45, 7) is 4.92. The van der Waals surface area contributed by atoms with Gasteiger partial charge in [-0.2, -0.15) is 0 Å². The molecule has 1 aromatic carbocycles. The molecule has 0 saturated heterocycles. The van der Waals surface area contributed by atoms with Gasteiger partial charge >= 0.3 is 0 Å². The smallest absolute Gasteiger partial charge is 0.238 e. The molecule has 0 radical (unpaired) electrons. The van der Waals surface area contributed by atoms with Crippen molar-refractivity contribution >= 4 is 10.0 Å². The monoisotopic (exact) mass is 229 g/mol. The highest BCUT2D eigenvalue weighted by molar-refractivity contribution is 7.89. The van der Waals surface area contributed by atoms with E-state index in [9.17, 15) is 13.5 Å². The summed E-state index contributed by atoms with van der Waals surface area (Å²) in [6, 6.07) is 4.60. The molecule has 0 aromatic heterocycles. The van der Waals surface area contributed by atoms with Gasteiger partial charge in [0.25, 0.3) is 0 Å². The number of primary sulfonamides is 1. The molecule has 0 aliphatic rings. The molecular formula is C10H15NO3S. The van der Waals surface area contributed by atoms with Crippen LogP contribution in [0.25, 0.3) is 0 Å². The lowest BCUT2D eigenvalue weighted by molar-refractivity contribution is 0.0784. The van der Waals surface area contributed by atoms with Crippen molar-refractivity contribution in [3.05, 3.63) is 29.3 Å². The van der Waals surface area contributed by atoms with Crippen LogP contribution in [0.1, 0.15) is 25.0 Å². The van der Waals surface area contributed by atoms with Crippen LogP contribution in [0, 0.1) is 6.92 Å². The molecule has 1 rings (SSSR count). The summed E-state index contributed by atoms with van der Waals surface area (Å²) < 4.78 is 22.3. The number of rotatable bonds is 2. The zero-order valence-corrected chi connectivity index (χ0v) is 9.80. The molecule has 0 heterocycles. The number of aliphatic hydroxyl groups is 1. The molecule has 0 spiro atoms. The Balaban J connectivity index is 3.34. The van der Waals surface area contributed by atoms with Gasteiger partial charge in [-0.25, -0.2) is 13.6 Å². The van der Waals surface area contributed by atoms with Crippen LogP contribution in [0.3, 0.4) is 0 Å². The van der Waals surface area contributed by atoms with Crippen molar-refractivity contribution in [3.8, 4) is 0 Å². The predicted molar refractivity (Wildman–Crippen MR) is 57.8 cm³/mol. The van der Waals surface area contributed by atoms with Gasteiger partial charge in [0.15, 0.2) is 0 Å². The van der Waals surface area contributed by atoms with Crippen molar-refractivity contribution in [1.82, 2.24) is 0 Å². The zero-order chi connectivity index (χ0) is 11.9. The van der Waals surface area contributed by atoms with Crippen LogP contribution in [0.5, 0.6) is 0 Å². The van der Waals surface area contributed by atoms with E-state index < -0.39 is 15.6 Å². The van der Waals surface area contributed by atoms with Crippen molar-refractivity contribution < 1.29 is 13.5 Å². The third kappa shape index (κ3) is 2.77. The van der Waals surface area contributed by atoms with E-state index >= 15 is 0 Å². The topological polar surface area (TPSA) is 80.4 Å². The van der Waals surface area contributed by atoms with Gasteiger partial charge in [-0.3, -0.25) is 0 Å². The minimum Gasteiger partial charge on any atom is -0.386 e. The lowest BCUT2D eigenvalue weighted by Crippen LogP contribution is -2.18. The molecule has 0 unspecified atom stereocenters. The molecule has 0 aliphatic carbocycles. The Labute approximate surface area is 89.8 Å². The number of hydrogen-bond donors (Lipinski definition) is 2. The predicted octanol–water partition coefficient (Wildman–Crippen LogP) is 0.870. The summed E-state index contributed by atoms with van der Waals surface area (Å²) >= 11 is 0. The molecule has 0 fully saturated rings. The van der Waals surface area contributed by atoms with Gasteiger partial charge in [-0.15, -0.1) is 0 Å². The van der Waals surface area contributed by atoms with Gasteiger partial charge < -0.3 is 5.11 Å². The van der Waals surface area contributed by atoms with E-state index in [2.05, 4.69) is 0 Å². The van der Waals surface area contributed by atoms with E-state index in [0.717, 1.165) is 0 Å². The summed E-state index contributed by atoms with van der Waals surface area (Å²) in [7, 11) is -3.68. The van der Waals surface area contributed by atoms with Gasteiger partial charge in [0.05, 0.1) is 10.5 Å². The molecule has 0 aliphatic heterocycles. The van der Waals surface area contributed by atoms with Crippen LogP contribution in [0.15, 0.2) is 23.1 Å². The fraction of sp³-hybridized carbons (Fsp3) is 0.400. The summed E-state index contributed by atoms with van der Waals surface area (Å²) in [5.41, 5.74) is 0.214. The van der Waals surface area contributed by atoms with Crippen molar-refractivity contribution in [1.29, 1.82) is 0 Å². The highest BCUT2D eigenvalue weighted by Gasteiger charge is 2.18. The normalized spacial score (nSPS) is 12.9. The quantitative estimate of drug-likeness (QED) is 0.789. The summed E-state index contributed by atoms with van der Waals surface area (Å²) in [5, 5.41) is 14.8. The fourth-order valence-corrected chi connectivity index (χ4v) is 2.11. The Morgan fingerprint density at radius 2 is 1.87 bits per heavy atom. The Morgan fingerprint density at radius 3 is 2.20 bits per heavy atom. The second kappa shape index (κ2) is 3.59. The molecule has 15 heavy (non-hydrogen) atoms. The average molecular weight is 229 g/mol. The minimum absolute atomic E-state index is 0.0931. The van der Waals surface area contributed by atoms with E-state index in [0.29, 0.717) is 11.1 Å². The Bertz CT molecular complexity index is 472. The largest absolute Gasteiger partial charge is 0.386 e. The third-order valence-electron chi connectivity index (χ3n) is 2.19. The molecule has 0 bridgehead atoms. The lowest BCUT2D eigenvalue weighted by Gasteiger charge is -2.18. The van der Waals surface area contributed by atoms with Gasteiger partial charge in [-0.1, -0.05) is 12.1 Å². The van der Waals surface area contributed by atoms with Crippen LogP contribution in [0.2, 0.25) is 0 Å². The standard InChI is InChI=1S/C10H15NO3S/c1-7-6-8(10(2,3)12)4-5-9(7)15(11,13)14/h4-6,12H,1-3H3,(H2,11,13,14). The molecule has 3 N–H and O–H groups in total. The van der Waals surface area contributed by atoms with Crippen molar-refractivity contribution in [2.75, 3.05) is 0 Å². The maximum atomic E-state index is 11.1. The van der Waals surface area contributed by atoms with Crippen LogP contribution in [-0.2, 0) is 15.6 Å². The molecule has 84 valence electrons. The molecule has 1 aromatic rings. The first-order valence-corrected chi connectivity index (χ1v) is 6.03. The minimum atomic E-state index is -3.68. The van der Waals surface area contributed by atoms with Crippen molar-refractivity contribution in [3.63, 3.8) is 0 Å². The Kier molecular flexibility index (Phi) is 2.91. The Morgan fingerprint density at radius 1 is 1.33 bits per heavy atom. The highest BCUT2D eigenvalue weighted by atomic mass is 32.2. The van der Waals surface area contributed by atoms with Gasteiger partial charge in [-0.05, 0) is 38.0 Å². The maximum Gasteiger partial charge on any atom is 0.238 e. The molecule has 0 amide bonds. The second-order valence-electron chi connectivity index (χ2n) is 4.08. The van der Waals surface area contributed by atoms with Gasteiger partial charge in [0.2, 0.25) is 10.0 Å². The lowest BCUT2D eigenvalue weighted by atomic mass is 9.97. The number of sulfonamides is 1. The van der Waals surface area contributed by atoms with Crippen molar-refractivity contribution in [2.45, 2.75) is 31.3 Å². The van der Waals surface area contributed by atoms with E-state index in [1.54, 1.807) is 32.9 Å². The average Bonchev–Trinajstić information content (AvgIpc) is 1.99. The first-order chi connectivity index (χ1) is 6.62. The fourth-order valence-electron chi connectivity index (χ4n) is 1.35. The van der Waals surface area contributed by atoms with Crippen molar-refractivity contribution in [2.24, 2.45) is 5.14 Å². The van der Waals surface area contributed by atoms with Crippen LogP contribution < -0.4 is 5.14 Å². The summed E-state index contributed by atoms with van der Waals surface area (Å²) in [4.78, 5) is 0.0931. The van der Waals surface area contributed by atoms with E-state index in [1.807, 2.05) is 0 Å². The molecule has 0 saturated carbocycles. The third-order valence-corrected chi connectivity index (χ3v) is 3.26. The molecule has 4 nitrogen and oxygen atoms in total. The molecular weight excluding hydrogens is 214 g/mol. The van der Waals surface area contributed by atoms with Crippen LogP contribution in [0.4, 0.5) is 0 Å². The Hall–Kier alpha value is -0.910. The first-order valence-electron chi connectivity index (χ1n) is 4.48. The van der Waals surface area contributed by atoms with Gasteiger partial charge in [0.1, 0.15) is 0 Å². The van der Waals surface area contributed by atoms with Crippen LogP contribution in [-0.4, -0.2) is 13.5 Å². The number of aryl methyl sites for hydroxylation is 1. The second-order valence-corrected chi connectivity index (χ2v) is 5.61. The molecule has 5 heteroatoms. The van der Waals surface area contributed by atoms with Crippen LogP contribution >= 0.6 is 0 Å². The number of nitrogens with two attached hydrogens (primary N) is 1. The van der Waals surface area contributed by atoms with E-state index in [-0.39, 0.29) is 4.90 Å². The summed E-state index contributed by atoms with van der Waals surface area (Å²) in [6.07, 6.45) is 0. The number of benzene rings is 1. The first kappa shape index (κ1) is 12.2.